The lowest BCUT2D eigenvalue weighted by atomic mass is 10.3. The van der Waals surface area contributed by atoms with E-state index in [2.05, 4.69) is 33.8 Å². The van der Waals surface area contributed by atoms with Crippen molar-refractivity contribution in [3.8, 4) is 0 Å². The van der Waals surface area contributed by atoms with Crippen LogP contribution in [0.5, 0.6) is 0 Å². The smallest absolute Gasteiger partial charge is 0.208 e. The predicted octanol–water partition coefficient (Wildman–Crippen LogP) is 2.94. The molecule has 0 radical (unpaired) electrons. The number of rotatable bonds is 5. The van der Waals surface area contributed by atoms with Crippen molar-refractivity contribution in [3.63, 3.8) is 0 Å². The Kier molecular flexibility index (Phi) is 3.76. The first-order valence-electron chi connectivity index (χ1n) is 8.30. The standard InChI is InChI=1S/C17H23N3O2/c1-2-13-5-6-14(21-13)9-20-10-15-16(11-20)22-17(18-15)12-19-7-3-4-8-19/h5-6H,2-4,7-12H2,1H3. The zero-order valence-electron chi connectivity index (χ0n) is 13.2. The number of furan rings is 1. The van der Waals surface area contributed by atoms with Gasteiger partial charge in [-0.1, -0.05) is 6.92 Å². The average Bonchev–Trinajstić information content (AvgIpc) is 3.24. The van der Waals surface area contributed by atoms with Gasteiger partial charge in [-0.3, -0.25) is 9.80 Å². The molecule has 0 aliphatic carbocycles. The molecule has 0 unspecified atom stereocenters. The zero-order chi connectivity index (χ0) is 14.9. The number of oxazole rings is 1. The summed E-state index contributed by atoms with van der Waals surface area (Å²) in [6.07, 6.45) is 3.55. The van der Waals surface area contributed by atoms with Crippen LogP contribution in [0, 0.1) is 0 Å². The Morgan fingerprint density at radius 3 is 2.55 bits per heavy atom. The SMILES string of the molecule is CCc1ccc(CN2Cc3nc(CN4CCCC4)oc3C2)o1. The highest BCUT2D eigenvalue weighted by Crippen LogP contribution is 2.26. The molecular formula is C17H23N3O2. The van der Waals surface area contributed by atoms with Crippen molar-refractivity contribution in [1.29, 1.82) is 0 Å². The topological polar surface area (TPSA) is 45.7 Å². The highest BCUT2D eigenvalue weighted by atomic mass is 16.4. The maximum Gasteiger partial charge on any atom is 0.208 e. The van der Waals surface area contributed by atoms with Crippen LogP contribution < -0.4 is 0 Å². The summed E-state index contributed by atoms with van der Waals surface area (Å²) in [5.74, 6) is 4.01. The normalized spacial score (nSPS) is 19.1. The summed E-state index contributed by atoms with van der Waals surface area (Å²) in [7, 11) is 0. The third-order valence-corrected chi connectivity index (χ3v) is 4.57. The van der Waals surface area contributed by atoms with Crippen molar-refractivity contribution in [2.45, 2.75) is 52.4 Å². The van der Waals surface area contributed by atoms with Gasteiger partial charge in [-0.2, -0.15) is 0 Å². The first kappa shape index (κ1) is 14.0. The van der Waals surface area contributed by atoms with Gasteiger partial charge in [0.15, 0.2) is 0 Å². The number of fused-ring (bicyclic) bond motifs is 1. The lowest BCUT2D eigenvalue weighted by Crippen LogP contribution is -2.19. The van der Waals surface area contributed by atoms with Crippen LogP contribution in [-0.2, 0) is 32.6 Å². The minimum absolute atomic E-state index is 0.827. The Balaban J connectivity index is 1.36. The summed E-state index contributed by atoms with van der Waals surface area (Å²) in [6.45, 7) is 7.86. The first-order chi connectivity index (χ1) is 10.8. The molecule has 5 nitrogen and oxygen atoms in total. The number of likely N-dealkylation sites (tertiary alicyclic amines) is 1. The lowest BCUT2D eigenvalue weighted by Gasteiger charge is -2.13. The predicted molar refractivity (Wildman–Crippen MR) is 82.1 cm³/mol. The summed E-state index contributed by atoms with van der Waals surface area (Å²) in [4.78, 5) is 9.43. The van der Waals surface area contributed by atoms with Crippen molar-refractivity contribution in [3.05, 3.63) is 41.0 Å². The summed E-state index contributed by atoms with van der Waals surface area (Å²) in [6, 6.07) is 4.14. The molecule has 22 heavy (non-hydrogen) atoms. The molecule has 0 aromatic carbocycles. The van der Waals surface area contributed by atoms with Gasteiger partial charge in [-0.15, -0.1) is 0 Å². The van der Waals surface area contributed by atoms with E-state index in [1.54, 1.807) is 0 Å². The first-order valence-corrected chi connectivity index (χ1v) is 8.30. The number of hydrogen-bond donors (Lipinski definition) is 0. The van der Waals surface area contributed by atoms with Crippen LogP contribution >= 0.6 is 0 Å². The molecule has 1 saturated heterocycles. The summed E-state index contributed by atoms with van der Waals surface area (Å²) in [5, 5.41) is 0. The molecule has 0 N–H and O–H groups in total. The Morgan fingerprint density at radius 2 is 1.82 bits per heavy atom. The molecule has 5 heteroatoms. The molecule has 2 aromatic heterocycles. The van der Waals surface area contributed by atoms with E-state index in [0.717, 1.165) is 61.5 Å². The maximum atomic E-state index is 5.96. The van der Waals surface area contributed by atoms with Gasteiger partial charge in [0.25, 0.3) is 0 Å². The van der Waals surface area contributed by atoms with Crippen LogP contribution in [0.4, 0.5) is 0 Å². The van der Waals surface area contributed by atoms with Crippen molar-refractivity contribution in [1.82, 2.24) is 14.8 Å². The highest BCUT2D eigenvalue weighted by Gasteiger charge is 2.27. The Labute approximate surface area is 130 Å². The number of nitrogens with zero attached hydrogens (tertiary/aromatic N) is 3. The third kappa shape index (κ3) is 2.83. The monoisotopic (exact) mass is 301 g/mol. The van der Waals surface area contributed by atoms with E-state index in [1.807, 2.05) is 0 Å². The van der Waals surface area contributed by atoms with E-state index >= 15 is 0 Å². The quantitative estimate of drug-likeness (QED) is 0.849. The number of aromatic nitrogens is 1. The Bertz CT molecular complexity index is 617. The molecule has 0 spiro atoms. The maximum absolute atomic E-state index is 5.96. The van der Waals surface area contributed by atoms with Crippen LogP contribution in [0.2, 0.25) is 0 Å². The second-order valence-electron chi connectivity index (χ2n) is 6.33. The molecule has 4 rings (SSSR count). The van der Waals surface area contributed by atoms with Gasteiger partial charge in [-0.05, 0) is 38.1 Å². The molecule has 2 aliphatic rings. The van der Waals surface area contributed by atoms with Gasteiger partial charge < -0.3 is 8.83 Å². The fourth-order valence-corrected chi connectivity index (χ4v) is 3.38. The van der Waals surface area contributed by atoms with Gasteiger partial charge in [0.1, 0.15) is 17.3 Å². The van der Waals surface area contributed by atoms with Crippen LogP contribution in [0.25, 0.3) is 0 Å². The summed E-state index contributed by atoms with van der Waals surface area (Å²) >= 11 is 0. The largest absolute Gasteiger partial charge is 0.465 e. The molecule has 118 valence electrons. The van der Waals surface area contributed by atoms with E-state index in [1.165, 1.54) is 25.9 Å². The van der Waals surface area contributed by atoms with E-state index in [4.69, 9.17) is 8.83 Å². The lowest BCUT2D eigenvalue weighted by molar-refractivity contribution is 0.224. The molecule has 0 bridgehead atoms. The van der Waals surface area contributed by atoms with Crippen LogP contribution in [0.1, 0.15) is 48.6 Å². The molecule has 4 heterocycles. The number of aryl methyl sites for hydroxylation is 1. The van der Waals surface area contributed by atoms with Crippen molar-refractivity contribution < 1.29 is 8.83 Å². The van der Waals surface area contributed by atoms with Crippen LogP contribution in [-0.4, -0.2) is 27.9 Å². The number of hydrogen-bond acceptors (Lipinski definition) is 5. The fraction of sp³-hybridized carbons (Fsp3) is 0.588. The van der Waals surface area contributed by atoms with Crippen molar-refractivity contribution >= 4 is 0 Å². The van der Waals surface area contributed by atoms with E-state index in [9.17, 15) is 0 Å². The second-order valence-corrected chi connectivity index (χ2v) is 6.33. The van der Waals surface area contributed by atoms with E-state index in [-0.39, 0.29) is 0 Å². The van der Waals surface area contributed by atoms with Crippen LogP contribution in [0.15, 0.2) is 21.0 Å². The third-order valence-electron chi connectivity index (χ3n) is 4.57. The van der Waals surface area contributed by atoms with Gasteiger partial charge >= 0.3 is 0 Å². The fourth-order valence-electron chi connectivity index (χ4n) is 3.38. The Hall–Kier alpha value is -1.59. The van der Waals surface area contributed by atoms with E-state index < -0.39 is 0 Å². The van der Waals surface area contributed by atoms with E-state index in [0.29, 0.717) is 0 Å². The zero-order valence-corrected chi connectivity index (χ0v) is 13.2. The molecule has 1 fully saturated rings. The molecule has 0 amide bonds. The summed E-state index contributed by atoms with van der Waals surface area (Å²) in [5.41, 5.74) is 1.11. The van der Waals surface area contributed by atoms with Crippen LogP contribution in [0.3, 0.4) is 0 Å². The van der Waals surface area contributed by atoms with Gasteiger partial charge in [0.2, 0.25) is 5.89 Å². The molecule has 0 atom stereocenters. The molecule has 0 saturated carbocycles. The average molecular weight is 301 g/mol. The van der Waals surface area contributed by atoms with Crippen molar-refractivity contribution in [2.24, 2.45) is 0 Å². The molecule has 2 aliphatic heterocycles. The van der Waals surface area contributed by atoms with Gasteiger partial charge in [0, 0.05) is 13.0 Å². The van der Waals surface area contributed by atoms with Gasteiger partial charge in [-0.25, -0.2) is 4.98 Å². The molecular weight excluding hydrogens is 278 g/mol. The minimum atomic E-state index is 0.827. The second kappa shape index (κ2) is 5.89. The van der Waals surface area contributed by atoms with Crippen molar-refractivity contribution in [2.75, 3.05) is 13.1 Å². The minimum Gasteiger partial charge on any atom is -0.465 e. The Morgan fingerprint density at radius 1 is 1.00 bits per heavy atom. The van der Waals surface area contributed by atoms with Gasteiger partial charge in [0.05, 0.1) is 25.3 Å². The summed E-state index contributed by atoms with van der Waals surface area (Å²) < 4.78 is 11.7. The highest BCUT2D eigenvalue weighted by molar-refractivity contribution is 5.16. The molecule has 2 aromatic rings.